The molecule has 2 aliphatic rings. The summed E-state index contributed by atoms with van der Waals surface area (Å²) >= 11 is 0. The number of aryl methyl sites for hydroxylation is 1. The minimum absolute atomic E-state index is 0.0136. The van der Waals surface area contributed by atoms with E-state index in [1.165, 1.54) is 12.1 Å². The Kier molecular flexibility index (Phi) is 8.05. The van der Waals surface area contributed by atoms with Crippen molar-refractivity contribution in [2.45, 2.75) is 69.6 Å². The molecule has 1 fully saturated rings. The van der Waals surface area contributed by atoms with Gasteiger partial charge in [-0.15, -0.1) is 0 Å². The molecule has 3 amide bonds. The highest BCUT2D eigenvalue weighted by Crippen LogP contribution is 2.51. The summed E-state index contributed by atoms with van der Waals surface area (Å²) in [4.78, 5) is 27.9. The van der Waals surface area contributed by atoms with Gasteiger partial charge in [-0.05, 0) is 78.9 Å². The largest absolute Gasteiger partial charge is 0.493 e. The van der Waals surface area contributed by atoms with Crippen molar-refractivity contribution < 1.29 is 50.5 Å². The van der Waals surface area contributed by atoms with Crippen molar-refractivity contribution in [1.29, 1.82) is 0 Å². The number of carbonyl (C=O) groups is 2. The minimum Gasteiger partial charge on any atom is -0.493 e. The maximum atomic E-state index is 13.7. The zero-order chi connectivity index (χ0) is 32.9. The molecule has 2 N–H and O–H groups in total. The first kappa shape index (κ1) is 32.1. The van der Waals surface area contributed by atoms with Gasteiger partial charge in [-0.25, -0.2) is 4.79 Å². The van der Waals surface area contributed by atoms with Gasteiger partial charge in [-0.3, -0.25) is 9.69 Å². The van der Waals surface area contributed by atoms with Crippen LogP contribution in [0.1, 0.15) is 61.1 Å². The molecular weight excluding hydrogens is 606 g/mol. The van der Waals surface area contributed by atoms with Gasteiger partial charge in [0, 0.05) is 12.0 Å². The summed E-state index contributed by atoms with van der Waals surface area (Å²) in [6, 6.07) is 12.4. The molecule has 13 heteroatoms. The lowest BCUT2D eigenvalue weighted by atomic mass is 9.90. The van der Waals surface area contributed by atoms with Crippen LogP contribution in [0.4, 0.5) is 31.1 Å². The molecule has 240 valence electrons. The van der Waals surface area contributed by atoms with Crippen LogP contribution in [0.3, 0.4) is 0 Å². The highest BCUT2D eigenvalue weighted by atomic mass is 19.4. The Morgan fingerprint density at radius 1 is 1.02 bits per heavy atom. The lowest BCUT2D eigenvalue weighted by Crippen LogP contribution is -2.53. The topological polar surface area (TPSA) is 88.1 Å². The van der Waals surface area contributed by atoms with E-state index in [2.05, 4.69) is 5.32 Å². The summed E-state index contributed by atoms with van der Waals surface area (Å²) in [7, 11) is 0. The number of carbonyl (C=O) groups excluding carboxylic acids is 2. The molecule has 5 rings (SSSR count). The Balaban J connectivity index is 1.41. The van der Waals surface area contributed by atoms with E-state index in [1.54, 1.807) is 45.0 Å². The van der Waals surface area contributed by atoms with Crippen LogP contribution in [0, 0.1) is 0 Å². The Hall–Kier alpha value is -4.26. The van der Waals surface area contributed by atoms with Gasteiger partial charge in [0.25, 0.3) is 11.5 Å². The van der Waals surface area contributed by atoms with Gasteiger partial charge in [-0.2, -0.15) is 26.3 Å². The molecule has 0 bridgehead atoms. The second-order valence-electron chi connectivity index (χ2n) is 11.3. The van der Waals surface area contributed by atoms with Gasteiger partial charge in [-0.1, -0.05) is 37.6 Å². The van der Waals surface area contributed by atoms with Crippen LogP contribution >= 0.6 is 0 Å². The fraction of sp³-hybridized carbons (Fsp3) is 0.375. The maximum Gasteiger partial charge on any atom is 0.430 e. The van der Waals surface area contributed by atoms with Crippen LogP contribution in [0.5, 0.6) is 17.2 Å². The van der Waals surface area contributed by atoms with Crippen molar-refractivity contribution in [3.63, 3.8) is 0 Å². The number of rotatable bonds is 8. The number of imide groups is 1. The Morgan fingerprint density at radius 2 is 1.73 bits per heavy atom. The Morgan fingerprint density at radius 3 is 2.40 bits per heavy atom. The fourth-order valence-corrected chi connectivity index (χ4v) is 5.68. The molecule has 0 aromatic heterocycles. The molecule has 2 atom stereocenters. The number of hydrogen-bond donors (Lipinski definition) is 2. The summed E-state index contributed by atoms with van der Waals surface area (Å²) in [5, 5.41) is 12.7. The number of halogens is 6. The summed E-state index contributed by atoms with van der Waals surface area (Å²) in [6.07, 6.45) is -10.9. The number of fused-ring (bicyclic) bond motifs is 1. The molecule has 0 spiro atoms. The lowest BCUT2D eigenvalue weighted by molar-refractivity contribution is -0.376. The highest BCUT2D eigenvalue weighted by Gasteiger charge is 2.71. The van der Waals surface area contributed by atoms with Crippen LogP contribution < -0.4 is 14.8 Å². The SMILES string of the molecule is CCCc1cc(C(O)(C(F)(F)F)C(F)(F)F)ccc1Oc1cccc(C(C)N2C(=O)NC(C)(c3ccc4c(c3)CCO4)C2=O)c1. The zero-order valence-electron chi connectivity index (χ0n) is 24.5. The lowest BCUT2D eigenvalue weighted by Gasteiger charge is -2.33. The van der Waals surface area contributed by atoms with Crippen molar-refractivity contribution in [1.82, 2.24) is 10.2 Å². The van der Waals surface area contributed by atoms with Gasteiger partial charge < -0.3 is 19.9 Å². The zero-order valence-corrected chi connectivity index (χ0v) is 24.5. The van der Waals surface area contributed by atoms with E-state index < -0.39 is 47.0 Å². The third kappa shape index (κ3) is 5.47. The van der Waals surface area contributed by atoms with Crippen molar-refractivity contribution in [3.05, 3.63) is 88.5 Å². The van der Waals surface area contributed by atoms with E-state index in [0.717, 1.165) is 22.3 Å². The molecule has 3 aromatic carbocycles. The first-order chi connectivity index (χ1) is 21.0. The van der Waals surface area contributed by atoms with E-state index in [4.69, 9.17) is 9.47 Å². The highest BCUT2D eigenvalue weighted by molar-refractivity contribution is 6.07. The van der Waals surface area contributed by atoms with Gasteiger partial charge in [0.05, 0.1) is 12.6 Å². The van der Waals surface area contributed by atoms with Crippen molar-refractivity contribution in [3.8, 4) is 17.2 Å². The summed E-state index contributed by atoms with van der Waals surface area (Å²) < 4.78 is 92.4. The van der Waals surface area contributed by atoms with Gasteiger partial charge >= 0.3 is 18.4 Å². The molecule has 2 aliphatic heterocycles. The van der Waals surface area contributed by atoms with Crippen molar-refractivity contribution in [2.75, 3.05) is 6.61 Å². The van der Waals surface area contributed by atoms with E-state index in [-0.39, 0.29) is 23.5 Å². The summed E-state index contributed by atoms with van der Waals surface area (Å²) in [5.74, 6) is 0.405. The van der Waals surface area contributed by atoms with Crippen molar-refractivity contribution in [2.24, 2.45) is 0 Å². The number of ether oxygens (including phenoxy) is 2. The first-order valence-corrected chi connectivity index (χ1v) is 14.2. The van der Waals surface area contributed by atoms with Gasteiger partial charge in [0.1, 0.15) is 22.8 Å². The van der Waals surface area contributed by atoms with Crippen LogP contribution in [0.15, 0.2) is 60.7 Å². The number of amides is 3. The first-order valence-electron chi connectivity index (χ1n) is 14.2. The van der Waals surface area contributed by atoms with Crippen LogP contribution in [-0.2, 0) is 28.8 Å². The molecule has 2 heterocycles. The predicted octanol–water partition coefficient (Wildman–Crippen LogP) is 7.21. The summed E-state index contributed by atoms with van der Waals surface area (Å²) in [5.41, 5.74) is -5.73. The molecule has 0 radical (unpaired) electrons. The average Bonchev–Trinajstić information content (AvgIpc) is 3.53. The maximum absolute atomic E-state index is 13.7. The molecule has 0 aliphatic carbocycles. The number of aliphatic hydroxyl groups is 1. The number of hydrogen-bond acceptors (Lipinski definition) is 5. The Bertz CT molecular complexity index is 1620. The van der Waals surface area contributed by atoms with Crippen molar-refractivity contribution >= 4 is 11.9 Å². The predicted molar refractivity (Wildman–Crippen MR) is 150 cm³/mol. The van der Waals surface area contributed by atoms with Gasteiger partial charge in [0.2, 0.25) is 0 Å². The Labute approximate surface area is 254 Å². The number of nitrogens with one attached hydrogen (secondary N) is 1. The molecular formula is C32H30F6N2O5. The number of nitrogens with zero attached hydrogens (tertiary/aromatic N) is 1. The monoisotopic (exact) mass is 636 g/mol. The molecule has 1 saturated heterocycles. The van der Waals surface area contributed by atoms with Gasteiger partial charge in [0.15, 0.2) is 0 Å². The number of benzene rings is 3. The normalized spacial score (nSPS) is 19.3. The molecule has 0 saturated carbocycles. The number of urea groups is 1. The van der Waals surface area contributed by atoms with Crippen LogP contribution in [0.25, 0.3) is 0 Å². The van der Waals surface area contributed by atoms with E-state index >= 15 is 0 Å². The molecule has 2 unspecified atom stereocenters. The van der Waals surface area contributed by atoms with E-state index in [1.807, 2.05) is 6.07 Å². The summed E-state index contributed by atoms with van der Waals surface area (Å²) in [6.45, 7) is 5.48. The molecule has 7 nitrogen and oxygen atoms in total. The number of alkyl halides is 6. The second kappa shape index (κ2) is 11.3. The quantitative estimate of drug-likeness (QED) is 0.202. The minimum atomic E-state index is -6.02. The van der Waals surface area contributed by atoms with E-state index in [9.17, 15) is 41.0 Å². The fourth-order valence-electron chi connectivity index (χ4n) is 5.68. The molecule has 3 aromatic rings. The van der Waals surface area contributed by atoms with Crippen LogP contribution in [-0.4, -0.2) is 40.9 Å². The smallest absolute Gasteiger partial charge is 0.430 e. The van der Waals surface area contributed by atoms with E-state index in [0.29, 0.717) is 42.7 Å². The second-order valence-corrected chi connectivity index (χ2v) is 11.3. The third-order valence-corrected chi connectivity index (χ3v) is 8.26. The van der Waals surface area contributed by atoms with Crippen LogP contribution in [0.2, 0.25) is 0 Å². The average molecular weight is 637 g/mol. The molecule has 45 heavy (non-hydrogen) atoms. The third-order valence-electron chi connectivity index (χ3n) is 8.26. The standard InChI is InChI=1S/C32H30F6N2O5/c1-4-6-20-16-23(30(43,31(33,34)35)32(36,37)38)10-12-26(20)45-24-8-5-7-19(17-24)18(2)40-27(41)29(3,39-28(40)42)22-9-11-25-21(15-22)13-14-44-25/h5,7-12,15-18,43H,4,6,13-14H2,1-3H3,(H,39,42).